The van der Waals surface area contributed by atoms with Gasteiger partial charge in [0, 0.05) is 36.9 Å². The third kappa shape index (κ3) is 1.81. The van der Waals surface area contributed by atoms with Crippen LogP contribution in [0.25, 0.3) is 0 Å². The number of rotatable bonds is 3. The Balaban J connectivity index is 1.83. The van der Waals surface area contributed by atoms with Gasteiger partial charge in [0.05, 0.1) is 6.20 Å². The van der Waals surface area contributed by atoms with Crippen molar-refractivity contribution in [3.05, 3.63) is 17.5 Å². The second kappa shape index (κ2) is 3.71. The van der Waals surface area contributed by atoms with Gasteiger partial charge >= 0.3 is 0 Å². The van der Waals surface area contributed by atoms with E-state index in [9.17, 15) is 0 Å². The zero-order valence-electron chi connectivity index (χ0n) is 8.83. The van der Waals surface area contributed by atoms with Gasteiger partial charge in [0.2, 0.25) is 0 Å². The van der Waals surface area contributed by atoms with E-state index >= 15 is 0 Å². The maximum Gasteiger partial charge on any atom is 0.0537 e. The van der Waals surface area contributed by atoms with Crippen molar-refractivity contribution in [2.45, 2.75) is 38.4 Å². The fraction of sp³-hybridized carbons (Fsp3) is 0.700. The summed E-state index contributed by atoms with van der Waals surface area (Å²) >= 11 is 0. The quantitative estimate of drug-likeness (QED) is 0.728. The molecule has 1 aromatic heterocycles. The Morgan fingerprint density at radius 3 is 2.86 bits per heavy atom. The average Bonchev–Trinajstić information content (AvgIpc) is 2.41. The van der Waals surface area contributed by atoms with Crippen LogP contribution < -0.4 is 11.1 Å². The third-order valence-corrected chi connectivity index (χ3v) is 3.09. The Morgan fingerprint density at radius 1 is 1.64 bits per heavy atom. The van der Waals surface area contributed by atoms with Gasteiger partial charge in [0.15, 0.2) is 0 Å². The molecule has 0 saturated heterocycles. The predicted octanol–water partition coefficient (Wildman–Crippen LogP) is 0.308. The van der Waals surface area contributed by atoms with Crippen LogP contribution in [0.5, 0.6) is 0 Å². The van der Waals surface area contributed by atoms with E-state index in [4.69, 9.17) is 5.73 Å². The van der Waals surface area contributed by atoms with Gasteiger partial charge in [-0.05, 0) is 19.8 Å². The molecule has 0 aromatic carbocycles. The van der Waals surface area contributed by atoms with Crippen molar-refractivity contribution in [2.24, 2.45) is 12.8 Å². The van der Waals surface area contributed by atoms with Crippen molar-refractivity contribution in [2.75, 3.05) is 0 Å². The summed E-state index contributed by atoms with van der Waals surface area (Å²) < 4.78 is 1.91. The van der Waals surface area contributed by atoms with E-state index in [1.165, 1.54) is 11.3 Å². The van der Waals surface area contributed by atoms with E-state index in [1.807, 2.05) is 17.9 Å². The summed E-state index contributed by atoms with van der Waals surface area (Å²) in [6.07, 6.45) is 4.15. The number of hydrogen-bond donors (Lipinski definition) is 2. The smallest absolute Gasteiger partial charge is 0.0537 e. The topological polar surface area (TPSA) is 55.9 Å². The summed E-state index contributed by atoms with van der Waals surface area (Å²) in [7, 11) is 1.97. The van der Waals surface area contributed by atoms with Crippen molar-refractivity contribution in [1.82, 2.24) is 15.1 Å². The maximum atomic E-state index is 5.72. The van der Waals surface area contributed by atoms with Crippen molar-refractivity contribution < 1.29 is 0 Å². The highest BCUT2D eigenvalue weighted by Crippen LogP contribution is 2.18. The van der Waals surface area contributed by atoms with E-state index in [0.717, 1.165) is 19.4 Å². The Kier molecular flexibility index (Phi) is 2.56. The van der Waals surface area contributed by atoms with Crippen molar-refractivity contribution >= 4 is 0 Å². The van der Waals surface area contributed by atoms with Gasteiger partial charge in [-0.2, -0.15) is 5.10 Å². The molecule has 4 heteroatoms. The van der Waals surface area contributed by atoms with Crippen LogP contribution in [0.2, 0.25) is 0 Å². The van der Waals surface area contributed by atoms with Gasteiger partial charge in [-0.25, -0.2) is 0 Å². The Hall–Kier alpha value is -0.870. The van der Waals surface area contributed by atoms with Crippen LogP contribution >= 0.6 is 0 Å². The number of nitrogens with one attached hydrogen (secondary N) is 1. The third-order valence-electron chi connectivity index (χ3n) is 3.09. The molecule has 2 rings (SSSR count). The minimum absolute atomic E-state index is 0.419. The van der Waals surface area contributed by atoms with Crippen LogP contribution in [0.4, 0.5) is 0 Å². The number of nitrogens with two attached hydrogens (primary N) is 1. The molecule has 0 radical (unpaired) electrons. The highest BCUT2D eigenvalue weighted by Gasteiger charge is 2.25. The molecule has 3 N–H and O–H groups in total. The Labute approximate surface area is 84.5 Å². The highest BCUT2D eigenvalue weighted by atomic mass is 15.3. The van der Waals surface area contributed by atoms with Crippen LogP contribution in [0.15, 0.2) is 6.20 Å². The molecule has 78 valence electrons. The first kappa shape index (κ1) is 9.68. The first-order chi connectivity index (χ1) is 6.66. The SMILES string of the molecule is Cc1c(CNC2CC(N)C2)cnn1C. The second-order valence-corrected chi connectivity index (χ2v) is 4.19. The number of aryl methyl sites for hydroxylation is 1. The highest BCUT2D eigenvalue weighted by molar-refractivity contribution is 5.15. The first-order valence-electron chi connectivity index (χ1n) is 5.13. The molecular formula is C10H18N4. The number of nitrogens with zero attached hydrogens (tertiary/aromatic N) is 2. The van der Waals surface area contributed by atoms with Crippen molar-refractivity contribution in [3.63, 3.8) is 0 Å². The molecule has 1 aromatic rings. The molecule has 0 amide bonds. The van der Waals surface area contributed by atoms with Crippen LogP contribution in [0.3, 0.4) is 0 Å². The van der Waals surface area contributed by atoms with E-state index < -0.39 is 0 Å². The summed E-state index contributed by atoms with van der Waals surface area (Å²) in [6.45, 7) is 3.01. The molecule has 14 heavy (non-hydrogen) atoms. The lowest BCUT2D eigenvalue weighted by atomic mass is 9.87. The standard InChI is InChI=1S/C10H18N4/c1-7-8(6-13-14(7)2)5-12-10-3-9(11)4-10/h6,9-10,12H,3-5,11H2,1-2H3. The van der Waals surface area contributed by atoms with E-state index in [-0.39, 0.29) is 0 Å². The van der Waals surface area contributed by atoms with E-state index in [1.54, 1.807) is 0 Å². The zero-order chi connectivity index (χ0) is 10.1. The minimum Gasteiger partial charge on any atom is -0.328 e. The molecule has 0 bridgehead atoms. The zero-order valence-corrected chi connectivity index (χ0v) is 8.83. The minimum atomic E-state index is 0.419. The normalized spacial score (nSPS) is 26.2. The molecule has 0 unspecified atom stereocenters. The van der Waals surface area contributed by atoms with Gasteiger partial charge in [-0.1, -0.05) is 0 Å². The molecule has 4 nitrogen and oxygen atoms in total. The summed E-state index contributed by atoms with van der Waals surface area (Å²) in [5, 5.41) is 7.69. The van der Waals surface area contributed by atoms with Crippen molar-refractivity contribution in [1.29, 1.82) is 0 Å². The maximum absolute atomic E-state index is 5.72. The lowest BCUT2D eigenvalue weighted by molar-refractivity contribution is 0.290. The molecule has 1 aliphatic rings. The Morgan fingerprint density at radius 2 is 2.36 bits per heavy atom. The first-order valence-corrected chi connectivity index (χ1v) is 5.13. The summed E-state index contributed by atoms with van der Waals surface area (Å²) in [5.41, 5.74) is 8.24. The molecule has 0 aliphatic heterocycles. The summed E-state index contributed by atoms with van der Waals surface area (Å²) in [4.78, 5) is 0. The molecule has 0 atom stereocenters. The molecule has 1 fully saturated rings. The van der Waals surface area contributed by atoms with E-state index in [2.05, 4.69) is 17.3 Å². The average molecular weight is 194 g/mol. The monoisotopic (exact) mass is 194 g/mol. The Bertz CT molecular complexity index is 312. The predicted molar refractivity (Wildman–Crippen MR) is 55.8 cm³/mol. The number of aromatic nitrogens is 2. The lowest BCUT2D eigenvalue weighted by Crippen LogP contribution is -2.48. The molecule has 1 aliphatic carbocycles. The second-order valence-electron chi connectivity index (χ2n) is 4.19. The van der Waals surface area contributed by atoms with Crippen LogP contribution in [0.1, 0.15) is 24.1 Å². The lowest BCUT2D eigenvalue weighted by Gasteiger charge is -2.33. The number of hydrogen-bond acceptors (Lipinski definition) is 3. The van der Waals surface area contributed by atoms with Gasteiger partial charge in [-0.15, -0.1) is 0 Å². The van der Waals surface area contributed by atoms with E-state index in [0.29, 0.717) is 12.1 Å². The van der Waals surface area contributed by atoms with Gasteiger partial charge in [0.1, 0.15) is 0 Å². The van der Waals surface area contributed by atoms with Crippen molar-refractivity contribution in [3.8, 4) is 0 Å². The fourth-order valence-electron chi connectivity index (χ4n) is 1.80. The molecular weight excluding hydrogens is 176 g/mol. The molecule has 1 heterocycles. The largest absolute Gasteiger partial charge is 0.328 e. The van der Waals surface area contributed by atoms with Gasteiger partial charge < -0.3 is 11.1 Å². The van der Waals surface area contributed by atoms with Crippen LogP contribution in [-0.4, -0.2) is 21.9 Å². The molecule has 0 spiro atoms. The van der Waals surface area contributed by atoms with Gasteiger partial charge in [-0.3, -0.25) is 4.68 Å². The summed E-state index contributed by atoms with van der Waals surface area (Å²) in [6, 6.07) is 1.03. The van der Waals surface area contributed by atoms with Crippen LogP contribution in [0, 0.1) is 6.92 Å². The summed E-state index contributed by atoms with van der Waals surface area (Å²) in [5.74, 6) is 0. The van der Waals surface area contributed by atoms with Gasteiger partial charge in [0.25, 0.3) is 0 Å². The molecule has 1 saturated carbocycles. The fourth-order valence-corrected chi connectivity index (χ4v) is 1.80. The van der Waals surface area contributed by atoms with Crippen LogP contribution in [-0.2, 0) is 13.6 Å².